The molecule has 1 amide bonds. The van der Waals surface area contributed by atoms with E-state index in [-0.39, 0.29) is 5.91 Å². The lowest BCUT2D eigenvalue weighted by molar-refractivity contribution is 0.0661. The average molecular weight is 314 g/mol. The van der Waals surface area contributed by atoms with E-state index in [1.165, 1.54) is 50.5 Å². The second-order valence-corrected chi connectivity index (χ2v) is 7.54. The van der Waals surface area contributed by atoms with E-state index in [0.29, 0.717) is 6.04 Å². The van der Waals surface area contributed by atoms with Crippen molar-refractivity contribution in [2.45, 2.75) is 57.5 Å². The summed E-state index contributed by atoms with van der Waals surface area (Å²) in [5, 5.41) is 0. The molecule has 1 saturated heterocycles. The maximum absolute atomic E-state index is 13.1. The number of nitrogens with zero attached hydrogens (tertiary/aromatic N) is 2. The summed E-state index contributed by atoms with van der Waals surface area (Å²) in [6, 6.07) is 8.69. The predicted octanol–water partition coefficient (Wildman–Crippen LogP) is 3.93. The Labute approximate surface area is 140 Å². The predicted molar refractivity (Wildman–Crippen MR) is 94.5 cm³/mol. The highest BCUT2D eigenvalue weighted by molar-refractivity contribution is 5.94. The zero-order valence-corrected chi connectivity index (χ0v) is 14.6. The van der Waals surface area contributed by atoms with Gasteiger partial charge in [0.05, 0.1) is 0 Å². The fourth-order valence-corrected chi connectivity index (χ4v) is 4.39. The van der Waals surface area contributed by atoms with Crippen molar-refractivity contribution in [3.05, 3.63) is 35.4 Å². The van der Waals surface area contributed by atoms with E-state index in [1.54, 1.807) is 0 Å². The fourth-order valence-electron chi connectivity index (χ4n) is 4.39. The molecule has 0 bridgehead atoms. The van der Waals surface area contributed by atoms with Gasteiger partial charge in [-0.2, -0.15) is 0 Å². The van der Waals surface area contributed by atoms with Crippen LogP contribution in [0.15, 0.2) is 24.3 Å². The van der Waals surface area contributed by atoms with Crippen molar-refractivity contribution in [1.29, 1.82) is 0 Å². The van der Waals surface area contributed by atoms with E-state index < -0.39 is 0 Å². The van der Waals surface area contributed by atoms with Crippen LogP contribution in [0.1, 0.15) is 60.9 Å². The van der Waals surface area contributed by atoms with Gasteiger partial charge in [0, 0.05) is 24.7 Å². The van der Waals surface area contributed by atoms with E-state index >= 15 is 0 Å². The lowest BCUT2D eigenvalue weighted by Crippen LogP contribution is -2.40. The molecule has 1 aromatic rings. The van der Waals surface area contributed by atoms with Gasteiger partial charge in [0.2, 0.25) is 0 Å². The first-order valence-electron chi connectivity index (χ1n) is 9.20. The molecule has 1 aliphatic carbocycles. The number of likely N-dealkylation sites (tertiary alicyclic amines) is 1. The van der Waals surface area contributed by atoms with Crippen molar-refractivity contribution in [1.82, 2.24) is 9.80 Å². The first kappa shape index (κ1) is 16.5. The summed E-state index contributed by atoms with van der Waals surface area (Å²) in [5.41, 5.74) is 2.08. The highest BCUT2D eigenvalue weighted by Gasteiger charge is 2.35. The van der Waals surface area contributed by atoms with Crippen molar-refractivity contribution < 1.29 is 4.79 Å². The van der Waals surface area contributed by atoms with Gasteiger partial charge in [0.15, 0.2) is 0 Å². The fraction of sp³-hybridized carbons (Fsp3) is 0.650. The van der Waals surface area contributed by atoms with Crippen molar-refractivity contribution >= 4 is 5.91 Å². The summed E-state index contributed by atoms with van der Waals surface area (Å²) in [6.07, 6.45) is 9.08. The lowest BCUT2D eigenvalue weighted by Gasteiger charge is -2.34. The van der Waals surface area contributed by atoms with Gasteiger partial charge in [-0.3, -0.25) is 4.79 Å². The van der Waals surface area contributed by atoms with Gasteiger partial charge in [-0.15, -0.1) is 0 Å². The summed E-state index contributed by atoms with van der Waals surface area (Å²) in [4.78, 5) is 17.4. The minimum absolute atomic E-state index is 0.249. The summed E-state index contributed by atoms with van der Waals surface area (Å²) >= 11 is 0. The molecule has 1 heterocycles. The van der Waals surface area contributed by atoms with Gasteiger partial charge in [0.1, 0.15) is 0 Å². The molecular weight excluding hydrogens is 284 g/mol. The van der Waals surface area contributed by atoms with Crippen LogP contribution in [-0.2, 0) is 6.54 Å². The van der Waals surface area contributed by atoms with Gasteiger partial charge in [-0.05, 0) is 63.4 Å². The molecule has 1 atom stereocenters. The lowest BCUT2D eigenvalue weighted by atomic mass is 9.83. The van der Waals surface area contributed by atoms with Crippen LogP contribution in [0.5, 0.6) is 0 Å². The van der Waals surface area contributed by atoms with Crippen molar-refractivity contribution in [3.63, 3.8) is 0 Å². The van der Waals surface area contributed by atoms with Crippen LogP contribution >= 0.6 is 0 Å². The summed E-state index contributed by atoms with van der Waals surface area (Å²) in [5.74, 6) is 0.985. The molecule has 0 radical (unpaired) electrons. The van der Waals surface area contributed by atoms with Crippen molar-refractivity contribution in [2.24, 2.45) is 5.92 Å². The van der Waals surface area contributed by atoms with E-state index in [2.05, 4.69) is 36.0 Å². The van der Waals surface area contributed by atoms with Crippen LogP contribution in [-0.4, -0.2) is 42.4 Å². The molecule has 23 heavy (non-hydrogen) atoms. The Kier molecular flexibility index (Phi) is 5.37. The Bertz CT molecular complexity index is 534. The number of hydrogen-bond acceptors (Lipinski definition) is 2. The number of hydrogen-bond donors (Lipinski definition) is 0. The van der Waals surface area contributed by atoms with Crippen LogP contribution < -0.4 is 0 Å². The minimum atomic E-state index is 0.249. The molecule has 0 spiro atoms. The Morgan fingerprint density at radius 1 is 1.13 bits per heavy atom. The molecule has 1 aromatic carbocycles. The van der Waals surface area contributed by atoms with E-state index in [9.17, 15) is 4.79 Å². The molecule has 0 aromatic heterocycles. The van der Waals surface area contributed by atoms with E-state index in [1.807, 2.05) is 12.1 Å². The normalized spacial score (nSPS) is 22.7. The molecule has 2 fully saturated rings. The third-order valence-electron chi connectivity index (χ3n) is 5.43. The van der Waals surface area contributed by atoms with Gasteiger partial charge in [-0.1, -0.05) is 31.4 Å². The zero-order chi connectivity index (χ0) is 16.2. The van der Waals surface area contributed by atoms with Crippen LogP contribution in [0.3, 0.4) is 0 Å². The first-order valence-corrected chi connectivity index (χ1v) is 9.20. The summed E-state index contributed by atoms with van der Waals surface area (Å²) < 4.78 is 0. The molecule has 0 N–H and O–H groups in total. The van der Waals surface area contributed by atoms with Crippen molar-refractivity contribution in [2.75, 3.05) is 20.6 Å². The molecule has 3 nitrogen and oxygen atoms in total. The molecular formula is C20H30N2O. The molecule has 3 rings (SSSR count). The molecule has 0 unspecified atom stereocenters. The monoisotopic (exact) mass is 314 g/mol. The molecule has 2 aliphatic rings. The number of amides is 1. The topological polar surface area (TPSA) is 23.6 Å². The molecule has 1 aliphatic heterocycles. The number of carbonyl (C=O) groups excluding carboxylic acids is 1. The standard InChI is InChI=1S/C20H30N2O/c1-21(2)15-16-8-6-11-18(14-16)20(23)22-13-7-12-19(22)17-9-4-3-5-10-17/h6,8,11,14,17,19H,3-5,7,9-10,12-13,15H2,1-2H3/t19-/m0/s1. The zero-order valence-electron chi connectivity index (χ0n) is 14.6. The SMILES string of the molecule is CN(C)Cc1cccc(C(=O)N2CCC[C@H]2C2CCCCC2)c1. The Morgan fingerprint density at radius 3 is 2.65 bits per heavy atom. The number of rotatable bonds is 4. The molecule has 1 saturated carbocycles. The second-order valence-electron chi connectivity index (χ2n) is 7.54. The smallest absolute Gasteiger partial charge is 0.254 e. The highest BCUT2D eigenvalue weighted by atomic mass is 16.2. The Hall–Kier alpha value is -1.35. The van der Waals surface area contributed by atoms with E-state index in [0.717, 1.165) is 24.6 Å². The third kappa shape index (κ3) is 3.95. The van der Waals surface area contributed by atoms with Gasteiger partial charge >= 0.3 is 0 Å². The van der Waals surface area contributed by atoms with Gasteiger partial charge in [-0.25, -0.2) is 0 Å². The number of carbonyl (C=O) groups is 1. The Balaban J connectivity index is 1.73. The average Bonchev–Trinajstić information content (AvgIpc) is 3.04. The van der Waals surface area contributed by atoms with E-state index in [4.69, 9.17) is 0 Å². The first-order chi connectivity index (χ1) is 11.1. The number of benzene rings is 1. The van der Waals surface area contributed by atoms with Gasteiger partial charge in [0.25, 0.3) is 5.91 Å². The third-order valence-corrected chi connectivity index (χ3v) is 5.43. The van der Waals surface area contributed by atoms with Crippen molar-refractivity contribution in [3.8, 4) is 0 Å². The van der Waals surface area contributed by atoms with Crippen LogP contribution in [0, 0.1) is 5.92 Å². The summed E-state index contributed by atoms with van der Waals surface area (Å²) in [6.45, 7) is 1.82. The molecule has 3 heteroatoms. The quantitative estimate of drug-likeness (QED) is 0.840. The van der Waals surface area contributed by atoms with Crippen LogP contribution in [0.4, 0.5) is 0 Å². The Morgan fingerprint density at radius 2 is 1.91 bits per heavy atom. The second kappa shape index (κ2) is 7.48. The maximum Gasteiger partial charge on any atom is 0.254 e. The largest absolute Gasteiger partial charge is 0.335 e. The van der Waals surface area contributed by atoms with Crippen LogP contribution in [0.2, 0.25) is 0 Å². The highest BCUT2D eigenvalue weighted by Crippen LogP contribution is 2.35. The van der Waals surface area contributed by atoms with Crippen LogP contribution in [0.25, 0.3) is 0 Å². The maximum atomic E-state index is 13.1. The summed E-state index contributed by atoms with van der Waals surface area (Å²) in [7, 11) is 4.13. The minimum Gasteiger partial charge on any atom is -0.335 e. The molecule has 126 valence electrons. The van der Waals surface area contributed by atoms with Gasteiger partial charge < -0.3 is 9.80 Å².